The number of piperidine rings is 1. The molecule has 0 spiro atoms. The number of rotatable bonds is 6. The molecule has 0 radical (unpaired) electrons. The Morgan fingerprint density at radius 2 is 1.85 bits per heavy atom. The molecule has 1 aromatic heterocycles. The monoisotopic (exact) mass is 361 g/mol. The molecular formula is C20H31N3O3. The van der Waals surface area contributed by atoms with Gasteiger partial charge in [0, 0.05) is 19.5 Å². The first kappa shape index (κ1) is 18.9. The van der Waals surface area contributed by atoms with Gasteiger partial charge in [-0.15, -0.1) is 0 Å². The summed E-state index contributed by atoms with van der Waals surface area (Å²) in [5, 5.41) is 13.4. The van der Waals surface area contributed by atoms with Crippen molar-refractivity contribution in [2.24, 2.45) is 5.92 Å². The van der Waals surface area contributed by atoms with Gasteiger partial charge in [-0.3, -0.25) is 9.48 Å². The minimum Gasteiger partial charge on any atom is -0.478 e. The van der Waals surface area contributed by atoms with Crippen molar-refractivity contribution in [2.45, 2.75) is 77.2 Å². The van der Waals surface area contributed by atoms with Crippen LogP contribution in [0.3, 0.4) is 0 Å². The molecular weight excluding hydrogens is 330 g/mol. The first-order valence-corrected chi connectivity index (χ1v) is 10.1. The van der Waals surface area contributed by atoms with E-state index in [-0.39, 0.29) is 17.5 Å². The summed E-state index contributed by atoms with van der Waals surface area (Å²) >= 11 is 0. The van der Waals surface area contributed by atoms with Gasteiger partial charge >= 0.3 is 5.97 Å². The molecule has 6 heteroatoms. The minimum atomic E-state index is -0.931. The van der Waals surface area contributed by atoms with E-state index in [4.69, 9.17) is 5.11 Å². The number of hydrogen-bond acceptors (Lipinski definition) is 3. The SMILES string of the molecule is Cc1c(C(=O)O)cnn1C1CCN(C(=O)CCCC2CCCCC2)CC1. The first-order valence-electron chi connectivity index (χ1n) is 10.1. The molecule has 1 N–H and O–H groups in total. The molecule has 3 rings (SSSR count). The molecule has 0 atom stereocenters. The molecule has 6 nitrogen and oxygen atoms in total. The van der Waals surface area contributed by atoms with Gasteiger partial charge in [-0.2, -0.15) is 5.10 Å². The van der Waals surface area contributed by atoms with Crippen LogP contribution in [0.25, 0.3) is 0 Å². The number of hydrogen-bond donors (Lipinski definition) is 1. The number of nitrogens with zero attached hydrogens (tertiary/aromatic N) is 3. The number of amides is 1. The Kier molecular flexibility index (Phi) is 6.33. The highest BCUT2D eigenvalue weighted by atomic mass is 16.4. The van der Waals surface area contributed by atoms with Crippen LogP contribution in [-0.4, -0.2) is 44.8 Å². The second-order valence-corrected chi connectivity index (χ2v) is 7.90. The summed E-state index contributed by atoms with van der Waals surface area (Å²) in [6.45, 7) is 3.29. The van der Waals surface area contributed by atoms with Crippen LogP contribution in [0.2, 0.25) is 0 Å². The summed E-state index contributed by atoms with van der Waals surface area (Å²) in [7, 11) is 0. The maximum Gasteiger partial charge on any atom is 0.339 e. The number of carbonyl (C=O) groups is 2. The van der Waals surface area contributed by atoms with Crippen molar-refractivity contribution in [3.63, 3.8) is 0 Å². The molecule has 1 saturated carbocycles. The number of carboxylic acids is 1. The molecule has 1 saturated heterocycles. The van der Waals surface area contributed by atoms with Gasteiger partial charge in [-0.1, -0.05) is 32.1 Å². The lowest BCUT2D eigenvalue weighted by Gasteiger charge is -2.33. The van der Waals surface area contributed by atoms with Crippen molar-refractivity contribution in [2.75, 3.05) is 13.1 Å². The van der Waals surface area contributed by atoms with E-state index >= 15 is 0 Å². The molecule has 0 bridgehead atoms. The van der Waals surface area contributed by atoms with Crippen molar-refractivity contribution in [1.29, 1.82) is 0 Å². The highest BCUT2D eigenvalue weighted by Crippen LogP contribution is 2.28. The average Bonchev–Trinajstić information content (AvgIpc) is 3.04. The average molecular weight is 361 g/mol. The van der Waals surface area contributed by atoms with E-state index in [1.54, 1.807) is 6.92 Å². The molecule has 26 heavy (non-hydrogen) atoms. The predicted molar refractivity (Wildman–Crippen MR) is 99.2 cm³/mol. The lowest BCUT2D eigenvalue weighted by atomic mass is 9.86. The zero-order valence-electron chi connectivity index (χ0n) is 15.8. The third kappa shape index (κ3) is 4.46. The molecule has 2 heterocycles. The molecule has 0 unspecified atom stereocenters. The van der Waals surface area contributed by atoms with Gasteiger partial charge in [0.25, 0.3) is 0 Å². The Hall–Kier alpha value is -1.85. The molecule has 144 valence electrons. The van der Waals surface area contributed by atoms with Gasteiger partial charge in [-0.05, 0) is 38.5 Å². The third-order valence-corrected chi connectivity index (χ3v) is 6.17. The second-order valence-electron chi connectivity index (χ2n) is 7.90. The fraction of sp³-hybridized carbons (Fsp3) is 0.750. The zero-order chi connectivity index (χ0) is 18.5. The smallest absolute Gasteiger partial charge is 0.339 e. The van der Waals surface area contributed by atoms with E-state index in [1.807, 2.05) is 9.58 Å². The van der Waals surface area contributed by atoms with Crippen LogP contribution in [0.1, 0.15) is 86.3 Å². The van der Waals surface area contributed by atoms with E-state index in [2.05, 4.69) is 5.10 Å². The third-order valence-electron chi connectivity index (χ3n) is 6.17. The van der Waals surface area contributed by atoms with Crippen LogP contribution in [0.4, 0.5) is 0 Å². The highest BCUT2D eigenvalue weighted by Gasteiger charge is 2.26. The maximum atomic E-state index is 12.5. The normalized spacial score (nSPS) is 19.7. The standard InChI is InChI=1S/C20H31N3O3/c1-15-18(20(25)26)14-21-23(15)17-10-12-22(13-11-17)19(24)9-5-8-16-6-3-2-4-7-16/h14,16-17H,2-13H2,1H3,(H,25,26). The second kappa shape index (κ2) is 8.69. The Morgan fingerprint density at radius 1 is 1.15 bits per heavy atom. The molecule has 1 aliphatic carbocycles. The van der Waals surface area contributed by atoms with Crippen molar-refractivity contribution in [3.8, 4) is 0 Å². The number of aromatic carboxylic acids is 1. The summed E-state index contributed by atoms with van der Waals surface area (Å²) in [6.07, 6.45) is 12.8. The topological polar surface area (TPSA) is 75.4 Å². The van der Waals surface area contributed by atoms with Crippen LogP contribution in [0, 0.1) is 12.8 Å². The van der Waals surface area contributed by atoms with Gasteiger partial charge in [0.15, 0.2) is 0 Å². The quantitative estimate of drug-likeness (QED) is 0.836. The van der Waals surface area contributed by atoms with E-state index in [9.17, 15) is 9.59 Å². The minimum absolute atomic E-state index is 0.189. The number of carbonyl (C=O) groups excluding carboxylic acids is 1. The highest BCUT2D eigenvalue weighted by molar-refractivity contribution is 5.88. The Bertz CT molecular complexity index is 626. The van der Waals surface area contributed by atoms with E-state index in [1.165, 1.54) is 44.7 Å². The fourth-order valence-corrected chi connectivity index (χ4v) is 4.54. The van der Waals surface area contributed by atoms with Crippen LogP contribution in [-0.2, 0) is 4.79 Å². The fourth-order valence-electron chi connectivity index (χ4n) is 4.54. The van der Waals surface area contributed by atoms with Gasteiger partial charge in [-0.25, -0.2) is 4.79 Å². The largest absolute Gasteiger partial charge is 0.478 e. The Balaban J connectivity index is 1.43. The summed E-state index contributed by atoms with van der Waals surface area (Å²) in [6, 6.07) is 0.189. The van der Waals surface area contributed by atoms with Crippen molar-refractivity contribution in [3.05, 3.63) is 17.5 Å². The Morgan fingerprint density at radius 3 is 2.46 bits per heavy atom. The summed E-state index contributed by atoms with van der Waals surface area (Å²) < 4.78 is 1.83. The van der Waals surface area contributed by atoms with Crippen molar-refractivity contribution >= 4 is 11.9 Å². The number of aromatic nitrogens is 2. The van der Waals surface area contributed by atoms with Crippen molar-refractivity contribution in [1.82, 2.24) is 14.7 Å². The predicted octanol–water partition coefficient (Wildman–Crippen LogP) is 3.80. The van der Waals surface area contributed by atoms with E-state index in [0.717, 1.165) is 38.3 Å². The number of likely N-dealkylation sites (tertiary alicyclic amines) is 1. The Labute approximate surface area is 155 Å². The van der Waals surface area contributed by atoms with Gasteiger partial charge in [0.05, 0.1) is 17.9 Å². The van der Waals surface area contributed by atoms with Crippen LogP contribution < -0.4 is 0 Å². The summed E-state index contributed by atoms with van der Waals surface area (Å²) in [4.78, 5) is 25.6. The first-order chi connectivity index (χ1) is 12.6. The van der Waals surface area contributed by atoms with Crippen LogP contribution >= 0.6 is 0 Å². The molecule has 1 amide bonds. The van der Waals surface area contributed by atoms with E-state index in [0.29, 0.717) is 12.1 Å². The van der Waals surface area contributed by atoms with Crippen molar-refractivity contribution < 1.29 is 14.7 Å². The lowest BCUT2D eigenvalue weighted by Crippen LogP contribution is -2.39. The molecule has 1 aromatic rings. The van der Waals surface area contributed by atoms with Crippen LogP contribution in [0.5, 0.6) is 0 Å². The van der Waals surface area contributed by atoms with Crippen LogP contribution in [0.15, 0.2) is 6.20 Å². The molecule has 2 fully saturated rings. The molecule has 1 aliphatic heterocycles. The van der Waals surface area contributed by atoms with Gasteiger partial charge in [0.2, 0.25) is 5.91 Å². The zero-order valence-corrected chi connectivity index (χ0v) is 15.8. The molecule has 2 aliphatic rings. The summed E-state index contributed by atoms with van der Waals surface area (Å²) in [5.74, 6) is 0.190. The summed E-state index contributed by atoms with van der Waals surface area (Å²) in [5.41, 5.74) is 0.973. The maximum absolute atomic E-state index is 12.5. The van der Waals surface area contributed by atoms with E-state index < -0.39 is 5.97 Å². The molecule has 0 aromatic carbocycles. The number of carboxylic acid groups (broad SMARTS) is 1. The lowest BCUT2D eigenvalue weighted by molar-refractivity contribution is -0.132. The van der Waals surface area contributed by atoms with Gasteiger partial charge in [0.1, 0.15) is 5.56 Å². The van der Waals surface area contributed by atoms with Gasteiger partial charge < -0.3 is 10.0 Å².